The third kappa shape index (κ3) is 4.23. The van der Waals surface area contributed by atoms with E-state index in [-0.39, 0.29) is 0 Å². The number of amides is 1. The van der Waals surface area contributed by atoms with Gasteiger partial charge in [0.05, 0.1) is 0 Å². The van der Waals surface area contributed by atoms with Crippen molar-refractivity contribution in [1.29, 1.82) is 0 Å². The maximum atomic E-state index is 12.7. The highest BCUT2D eigenvalue weighted by atomic mass is 16.2. The predicted octanol–water partition coefficient (Wildman–Crippen LogP) is 1.96. The molecule has 4 nitrogen and oxygen atoms in total. The fourth-order valence-electron chi connectivity index (χ4n) is 4.46. The fourth-order valence-corrected chi connectivity index (χ4v) is 4.46. The molecule has 1 N–H and O–H groups in total. The lowest BCUT2D eigenvalue weighted by molar-refractivity contribution is -0.138. The fraction of sp³-hybridized carbons (Fsp3) is 0.944. The summed E-state index contributed by atoms with van der Waals surface area (Å²) in [7, 11) is 0. The molecule has 3 heterocycles. The predicted molar refractivity (Wildman–Crippen MR) is 89.7 cm³/mol. The number of carbonyl (C=O) groups is 1. The van der Waals surface area contributed by atoms with Gasteiger partial charge in [-0.15, -0.1) is 0 Å². The molecule has 0 aromatic rings. The first-order chi connectivity index (χ1) is 10.7. The van der Waals surface area contributed by atoms with Gasteiger partial charge in [-0.2, -0.15) is 0 Å². The SMILES string of the molecule is CC1CCCN(C(=O)C2CCN(CC3CCCNC3)CC2)C1. The zero-order chi connectivity index (χ0) is 15.4. The summed E-state index contributed by atoms with van der Waals surface area (Å²) >= 11 is 0. The second kappa shape index (κ2) is 7.78. The van der Waals surface area contributed by atoms with E-state index in [0.29, 0.717) is 17.7 Å². The van der Waals surface area contributed by atoms with E-state index in [9.17, 15) is 4.79 Å². The third-order valence-corrected chi connectivity index (χ3v) is 5.82. The minimum atomic E-state index is 0.297. The molecule has 22 heavy (non-hydrogen) atoms. The lowest BCUT2D eigenvalue weighted by atomic mass is 9.91. The molecule has 3 rings (SSSR count). The lowest BCUT2D eigenvalue weighted by Gasteiger charge is -2.38. The monoisotopic (exact) mass is 307 g/mol. The topological polar surface area (TPSA) is 35.6 Å². The van der Waals surface area contributed by atoms with Gasteiger partial charge in [0.25, 0.3) is 0 Å². The van der Waals surface area contributed by atoms with Crippen molar-refractivity contribution in [2.24, 2.45) is 17.8 Å². The molecular weight excluding hydrogens is 274 g/mol. The zero-order valence-corrected chi connectivity index (χ0v) is 14.2. The molecular formula is C18H33N3O. The van der Waals surface area contributed by atoms with E-state index in [1.807, 2.05) is 0 Å². The number of hydrogen-bond acceptors (Lipinski definition) is 3. The van der Waals surface area contributed by atoms with E-state index in [0.717, 1.165) is 44.9 Å². The molecule has 3 saturated heterocycles. The largest absolute Gasteiger partial charge is 0.342 e. The average molecular weight is 307 g/mol. The second-order valence-electron chi connectivity index (χ2n) is 7.82. The Bertz CT molecular complexity index is 359. The van der Waals surface area contributed by atoms with Crippen LogP contribution in [0, 0.1) is 17.8 Å². The Labute approximate surface area is 135 Å². The maximum Gasteiger partial charge on any atom is 0.225 e. The Balaban J connectivity index is 1.41. The molecule has 0 radical (unpaired) electrons. The van der Waals surface area contributed by atoms with E-state index in [4.69, 9.17) is 0 Å². The molecule has 2 atom stereocenters. The summed E-state index contributed by atoms with van der Waals surface area (Å²) in [6.07, 6.45) is 7.33. The summed E-state index contributed by atoms with van der Waals surface area (Å²) in [5, 5.41) is 3.51. The Morgan fingerprint density at radius 2 is 1.91 bits per heavy atom. The highest BCUT2D eigenvalue weighted by molar-refractivity contribution is 5.79. The highest BCUT2D eigenvalue weighted by Gasteiger charge is 2.31. The van der Waals surface area contributed by atoms with Crippen LogP contribution in [-0.4, -0.2) is 61.5 Å². The first-order valence-electron chi connectivity index (χ1n) is 9.44. The van der Waals surface area contributed by atoms with Gasteiger partial charge in [0.15, 0.2) is 0 Å². The van der Waals surface area contributed by atoms with Gasteiger partial charge in [-0.3, -0.25) is 4.79 Å². The van der Waals surface area contributed by atoms with Crippen LogP contribution in [0.1, 0.15) is 45.4 Å². The minimum Gasteiger partial charge on any atom is -0.342 e. The van der Waals surface area contributed by atoms with Gasteiger partial charge >= 0.3 is 0 Å². The first kappa shape index (κ1) is 16.3. The van der Waals surface area contributed by atoms with Crippen molar-refractivity contribution in [3.63, 3.8) is 0 Å². The zero-order valence-electron chi connectivity index (χ0n) is 14.2. The number of rotatable bonds is 3. The van der Waals surface area contributed by atoms with Crippen molar-refractivity contribution in [3.8, 4) is 0 Å². The number of hydrogen-bond donors (Lipinski definition) is 1. The molecule has 3 aliphatic heterocycles. The van der Waals surface area contributed by atoms with Crippen LogP contribution >= 0.6 is 0 Å². The molecule has 0 saturated carbocycles. The normalized spacial score (nSPS) is 32.1. The molecule has 2 unspecified atom stereocenters. The summed E-state index contributed by atoms with van der Waals surface area (Å²) in [5.74, 6) is 2.26. The maximum absolute atomic E-state index is 12.7. The number of nitrogens with one attached hydrogen (secondary N) is 1. The van der Waals surface area contributed by atoms with Gasteiger partial charge in [0.2, 0.25) is 5.91 Å². The minimum absolute atomic E-state index is 0.297. The number of carbonyl (C=O) groups excluding carboxylic acids is 1. The molecule has 3 fully saturated rings. The molecule has 0 bridgehead atoms. The molecule has 0 aromatic heterocycles. The highest BCUT2D eigenvalue weighted by Crippen LogP contribution is 2.24. The van der Waals surface area contributed by atoms with Gasteiger partial charge in [0, 0.05) is 25.6 Å². The summed E-state index contributed by atoms with van der Waals surface area (Å²) in [5.41, 5.74) is 0. The van der Waals surface area contributed by atoms with Crippen molar-refractivity contribution >= 4 is 5.91 Å². The third-order valence-electron chi connectivity index (χ3n) is 5.82. The Morgan fingerprint density at radius 3 is 2.59 bits per heavy atom. The van der Waals surface area contributed by atoms with E-state index < -0.39 is 0 Å². The Kier molecular flexibility index (Phi) is 5.75. The van der Waals surface area contributed by atoms with Gasteiger partial charge in [0.1, 0.15) is 0 Å². The number of piperidine rings is 3. The van der Waals surface area contributed by atoms with Crippen LogP contribution < -0.4 is 5.32 Å². The van der Waals surface area contributed by atoms with E-state index in [2.05, 4.69) is 22.0 Å². The van der Waals surface area contributed by atoms with Crippen molar-refractivity contribution in [3.05, 3.63) is 0 Å². The Morgan fingerprint density at radius 1 is 1.09 bits per heavy atom. The van der Waals surface area contributed by atoms with Crippen LogP contribution in [0.4, 0.5) is 0 Å². The quantitative estimate of drug-likeness (QED) is 0.866. The first-order valence-corrected chi connectivity index (χ1v) is 9.44. The summed E-state index contributed by atoms with van der Waals surface area (Å²) in [6.45, 7) is 10.1. The standard InChI is InChI=1S/C18H33N3O/c1-15-4-3-9-21(13-15)18(22)17-6-10-20(11-7-17)14-16-5-2-8-19-12-16/h15-17,19H,2-14H2,1H3. The Hall–Kier alpha value is -0.610. The number of nitrogens with zero attached hydrogens (tertiary/aromatic N) is 2. The van der Waals surface area contributed by atoms with Crippen LogP contribution in [0.3, 0.4) is 0 Å². The molecule has 0 aromatic carbocycles. The van der Waals surface area contributed by atoms with E-state index >= 15 is 0 Å². The molecule has 0 aliphatic carbocycles. The van der Waals surface area contributed by atoms with Crippen LogP contribution in [0.15, 0.2) is 0 Å². The molecule has 126 valence electrons. The van der Waals surface area contributed by atoms with Gasteiger partial charge in [-0.1, -0.05) is 6.92 Å². The summed E-state index contributed by atoms with van der Waals surface area (Å²) in [4.78, 5) is 17.4. The summed E-state index contributed by atoms with van der Waals surface area (Å²) in [6, 6.07) is 0. The molecule has 3 aliphatic rings. The second-order valence-corrected chi connectivity index (χ2v) is 7.82. The lowest BCUT2D eigenvalue weighted by Crippen LogP contribution is -2.47. The van der Waals surface area contributed by atoms with Crippen molar-refractivity contribution in [2.75, 3.05) is 45.8 Å². The molecule has 4 heteroatoms. The van der Waals surface area contributed by atoms with Crippen LogP contribution in [0.25, 0.3) is 0 Å². The van der Waals surface area contributed by atoms with E-state index in [1.54, 1.807) is 0 Å². The van der Waals surface area contributed by atoms with Crippen molar-refractivity contribution in [1.82, 2.24) is 15.1 Å². The molecule has 0 spiro atoms. The average Bonchev–Trinajstić information content (AvgIpc) is 2.56. The van der Waals surface area contributed by atoms with Gasteiger partial charge < -0.3 is 15.1 Å². The summed E-state index contributed by atoms with van der Waals surface area (Å²) < 4.78 is 0. The molecule has 1 amide bonds. The van der Waals surface area contributed by atoms with Gasteiger partial charge in [-0.25, -0.2) is 0 Å². The van der Waals surface area contributed by atoms with Crippen LogP contribution in [0.2, 0.25) is 0 Å². The van der Waals surface area contributed by atoms with Crippen LogP contribution in [-0.2, 0) is 4.79 Å². The smallest absolute Gasteiger partial charge is 0.225 e. The number of likely N-dealkylation sites (tertiary alicyclic amines) is 2. The van der Waals surface area contributed by atoms with Gasteiger partial charge in [-0.05, 0) is 76.5 Å². The van der Waals surface area contributed by atoms with Crippen molar-refractivity contribution in [2.45, 2.75) is 45.4 Å². The van der Waals surface area contributed by atoms with Crippen molar-refractivity contribution < 1.29 is 4.79 Å². The van der Waals surface area contributed by atoms with Crippen LogP contribution in [0.5, 0.6) is 0 Å². The van der Waals surface area contributed by atoms with E-state index in [1.165, 1.54) is 45.3 Å².